The molecule has 21 heavy (non-hydrogen) atoms. The highest BCUT2D eigenvalue weighted by Gasteiger charge is 2.32. The van der Waals surface area contributed by atoms with Crippen molar-refractivity contribution in [3.8, 4) is 0 Å². The lowest BCUT2D eigenvalue weighted by Crippen LogP contribution is -2.39. The molecular weight excluding hydrogens is 294 g/mol. The van der Waals surface area contributed by atoms with Gasteiger partial charge in [0.05, 0.1) is 0 Å². The lowest BCUT2D eigenvalue weighted by atomic mass is 10.2. The molecule has 1 atom stereocenters. The Balaban J connectivity index is 2.18. The summed E-state index contributed by atoms with van der Waals surface area (Å²) >= 11 is 5.76. The average molecular weight is 312 g/mol. The van der Waals surface area contributed by atoms with Crippen LogP contribution in [0.1, 0.15) is 25.8 Å². The van der Waals surface area contributed by atoms with Gasteiger partial charge in [0, 0.05) is 31.9 Å². The molecule has 1 aliphatic rings. The third-order valence-electron chi connectivity index (χ3n) is 3.61. The maximum Gasteiger partial charge on any atom is 0.274 e. The summed E-state index contributed by atoms with van der Waals surface area (Å²) in [6.07, 6.45) is 2.59. The summed E-state index contributed by atoms with van der Waals surface area (Å²) in [6.45, 7) is 6.08. The van der Waals surface area contributed by atoms with Crippen molar-refractivity contribution in [1.82, 2.24) is 14.8 Å². The summed E-state index contributed by atoms with van der Waals surface area (Å²) in [6, 6.07) is 3.80. The molecule has 2 rings (SSSR count). The maximum absolute atomic E-state index is 10.8. The predicted molar refractivity (Wildman–Crippen MR) is 80.5 cm³/mol. The summed E-state index contributed by atoms with van der Waals surface area (Å²) in [5.74, 6) is 0.421. The van der Waals surface area contributed by atoms with E-state index in [4.69, 9.17) is 11.6 Å². The number of aromatic nitrogens is 1. The van der Waals surface area contributed by atoms with Crippen molar-refractivity contribution in [2.24, 2.45) is 5.10 Å². The minimum absolute atomic E-state index is 0.219. The van der Waals surface area contributed by atoms with Crippen LogP contribution in [0.5, 0.6) is 0 Å². The number of hydrazone groups is 1. The first-order valence-electron chi connectivity index (χ1n) is 6.86. The smallest absolute Gasteiger partial charge is 0.274 e. The maximum atomic E-state index is 10.8. The normalized spacial score (nSPS) is 18.3. The van der Waals surface area contributed by atoms with Gasteiger partial charge in [-0.05, 0) is 25.0 Å². The van der Waals surface area contributed by atoms with Crippen molar-refractivity contribution in [2.75, 3.05) is 13.1 Å². The van der Waals surface area contributed by atoms with Crippen LogP contribution < -0.4 is 0 Å². The van der Waals surface area contributed by atoms with Gasteiger partial charge in [0.2, 0.25) is 0 Å². The van der Waals surface area contributed by atoms with Gasteiger partial charge in [0.15, 0.2) is 5.03 Å². The van der Waals surface area contributed by atoms with Crippen molar-refractivity contribution < 1.29 is 5.03 Å². The lowest BCUT2D eigenvalue weighted by Gasteiger charge is -2.25. The molecule has 0 amide bonds. The van der Waals surface area contributed by atoms with Crippen molar-refractivity contribution in [3.05, 3.63) is 39.2 Å². The molecular formula is C13H18ClN5O2. The first kappa shape index (κ1) is 15.5. The molecule has 1 aromatic rings. The second-order valence-corrected chi connectivity index (χ2v) is 5.39. The van der Waals surface area contributed by atoms with Gasteiger partial charge in [-0.15, -0.1) is 0 Å². The molecule has 0 N–H and O–H groups in total. The first-order chi connectivity index (χ1) is 10.0. The zero-order valence-electron chi connectivity index (χ0n) is 12.1. The molecule has 0 aliphatic carbocycles. The van der Waals surface area contributed by atoms with Crippen LogP contribution in [0.3, 0.4) is 0 Å². The third-order valence-corrected chi connectivity index (χ3v) is 3.83. The predicted octanol–water partition coefficient (Wildman–Crippen LogP) is 2.20. The SMILES string of the molecule is CCC(C)N1CCN(Cc2ccc(Cl)nc2)/C1=N\[N+](=O)[O-]. The molecule has 1 fully saturated rings. The van der Waals surface area contributed by atoms with Gasteiger partial charge in [-0.25, -0.2) is 15.1 Å². The number of nitro groups is 1. The van der Waals surface area contributed by atoms with Gasteiger partial charge in [-0.1, -0.05) is 24.6 Å². The molecule has 0 saturated carbocycles. The van der Waals surface area contributed by atoms with Gasteiger partial charge in [0.1, 0.15) is 10.3 Å². The zero-order valence-corrected chi connectivity index (χ0v) is 12.8. The molecule has 2 heterocycles. The van der Waals surface area contributed by atoms with Crippen LogP contribution in [0.2, 0.25) is 5.15 Å². The van der Waals surface area contributed by atoms with Gasteiger partial charge in [0.25, 0.3) is 5.96 Å². The largest absolute Gasteiger partial charge is 0.333 e. The number of guanidine groups is 1. The topological polar surface area (TPSA) is 74.9 Å². The number of hydrogen-bond donors (Lipinski definition) is 0. The average Bonchev–Trinajstić information content (AvgIpc) is 2.83. The van der Waals surface area contributed by atoms with Gasteiger partial charge in [-0.2, -0.15) is 0 Å². The van der Waals surface area contributed by atoms with E-state index < -0.39 is 5.03 Å². The molecule has 114 valence electrons. The summed E-state index contributed by atoms with van der Waals surface area (Å²) < 4.78 is 0. The van der Waals surface area contributed by atoms with E-state index in [1.807, 2.05) is 22.8 Å². The number of halogens is 1. The van der Waals surface area contributed by atoms with E-state index in [0.29, 0.717) is 24.2 Å². The minimum Gasteiger partial charge on any atom is -0.333 e. The van der Waals surface area contributed by atoms with Crippen LogP contribution in [0, 0.1) is 10.1 Å². The Kier molecular flexibility index (Phi) is 4.95. The molecule has 0 radical (unpaired) electrons. The summed E-state index contributed by atoms with van der Waals surface area (Å²) in [5.41, 5.74) is 0.946. The third kappa shape index (κ3) is 3.81. The number of rotatable bonds is 5. The fraction of sp³-hybridized carbons (Fsp3) is 0.538. The van der Waals surface area contributed by atoms with E-state index in [2.05, 4.69) is 17.0 Å². The van der Waals surface area contributed by atoms with Gasteiger partial charge >= 0.3 is 0 Å². The summed E-state index contributed by atoms with van der Waals surface area (Å²) in [5, 5.41) is 14.2. The van der Waals surface area contributed by atoms with E-state index in [9.17, 15) is 10.1 Å². The number of hydrogen-bond acceptors (Lipinski definition) is 3. The van der Waals surface area contributed by atoms with E-state index in [1.165, 1.54) is 0 Å². The summed E-state index contributed by atoms with van der Waals surface area (Å²) in [7, 11) is 0. The Morgan fingerprint density at radius 2 is 2.29 bits per heavy atom. The fourth-order valence-electron chi connectivity index (χ4n) is 2.31. The van der Waals surface area contributed by atoms with E-state index in [1.54, 1.807) is 12.3 Å². The van der Waals surface area contributed by atoms with E-state index in [-0.39, 0.29) is 6.04 Å². The van der Waals surface area contributed by atoms with E-state index >= 15 is 0 Å². The molecule has 0 aromatic carbocycles. The molecule has 0 spiro atoms. The molecule has 8 heteroatoms. The van der Waals surface area contributed by atoms with Crippen molar-refractivity contribution >= 4 is 17.6 Å². The molecule has 1 aliphatic heterocycles. The minimum atomic E-state index is -0.636. The Hall–Kier alpha value is -1.89. The van der Waals surface area contributed by atoms with Crippen LogP contribution in [-0.2, 0) is 6.54 Å². The summed E-state index contributed by atoms with van der Waals surface area (Å²) in [4.78, 5) is 18.7. The Bertz CT molecular complexity index is 534. The Labute approximate surface area is 128 Å². The Morgan fingerprint density at radius 3 is 2.86 bits per heavy atom. The van der Waals surface area contributed by atoms with Crippen LogP contribution in [0.4, 0.5) is 0 Å². The van der Waals surface area contributed by atoms with Crippen molar-refractivity contribution in [2.45, 2.75) is 32.9 Å². The van der Waals surface area contributed by atoms with Crippen LogP contribution in [0.15, 0.2) is 23.4 Å². The number of pyridine rings is 1. The van der Waals surface area contributed by atoms with Crippen LogP contribution in [0.25, 0.3) is 0 Å². The molecule has 0 bridgehead atoms. The standard InChI is InChI=1S/C13H18ClN5O2/c1-3-10(2)18-7-6-17(13(18)16-19(20)21)9-11-4-5-12(14)15-8-11/h4-5,8,10H,3,6-7,9H2,1-2H3/b16-13+. The van der Waals surface area contributed by atoms with Gasteiger partial charge < -0.3 is 9.80 Å². The van der Waals surface area contributed by atoms with E-state index in [0.717, 1.165) is 18.5 Å². The fourth-order valence-corrected chi connectivity index (χ4v) is 2.42. The lowest BCUT2D eigenvalue weighted by molar-refractivity contribution is -0.486. The number of nitrogens with zero attached hydrogens (tertiary/aromatic N) is 5. The highest BCUT2D eigenvalue weighted by Crippen LogP contribution is 2.18. The van der Waals surface area contributed by atoms with Crippen LogP contribution >= 0.6 is 11.6 Å². The molecule has 1 unspecified atom stereocenters. The quantitative estimate of drug-likeness (QED) is 0.473. The molecule has 1 saturated heterocycles. The second-order valence-electron chi connectivity index (χ2n) is 5.00. The van der Waals surface area contributed by atoms with Gasteiger partial charge in [-0.3, -0.25) is 0 Å². The van der Waals surface area contributed by atoms with Crippen molar-refractivity contribution in [1.29, 1.82) is 0 Å². The molecule has 1 aromatic heterocycles. The monoisotopic (exact) mass is 311 g/mol. The van der Waals surface area contributed by atoms with Crippen molar-refractivity contribution in [3.63, 3.8) is 0 Å². The molecule has 7 nitrogen and oxygen atoms in total. The highest BCUT2D eigenvalue weighted by atomic mass is 35.5. The Morgan fingerprint density at radius 1 is 1.52 bits per heavy atom. The van der Waals surface area contributed by atoms with Crippen LogP contribution in [-0.4, -0.2) is 44.9 Å². The zero-order chi connectivity index (χ0) is 15.4. The second kappa shape index (κ2) is 6.71. The highest BCUT2D eigenvalue weighted by molar-refractivity contribution is 6.29. The first-order valence-corrected chi connectivity index (χ1v) is 7.24.